The van der Waals surface area contributed by atoms with E-state index in [0.717, 1.165) is 12.1 Å². The lowest BCUT2D eigenvalue weighted by molar-refractivity contribution is 0.504. The van der Waals surface area contributed by atoms with Crippen LogP contribution in [0.5, 0.6) is 0 Å². The lowest BCUT2D eigenvalue weighted by Crippen LogP contribution is -2.19. The van der Waals surface area contributed by atoms with Crippen LogP contribution in [0, 0.1) is 17.5 Å². The van der Waals surface area contributed by atoms with Crippen molar-refractivity contribution in [2.75, 3.05) is 7.05 Å². The maximum Gasteiger partial charge on any atom is 0.159 e. The van der Waals surface area contributed by atoms with Crippen LogP contribution in [0.1, 0.15) is 17.2 Å². The fourth-order valence-electron chi connectivity index (χ4n) is 2.05. The summed E-state index contributed by atoms with van der Waals surface area (Å²) in [6.07, 6.45) is 0.372. The summed E-state index contributed by atoms with van der Waals surface area (Å²) in [5.74, 6) is -2.18. The smallest absolute Gasteiger partial charge is 0.159 e. The summed E-state index contributed by atoms with van der Waals surface area (Å²) in [6, 6.07) is 7.50. The van der Waals surface area contributed by atoms with E-state index in [9.17, 15) is 13.2 Å². The molecule has 1 unspecified atom stereocenters. The minimum Gasteiger partial charge on any atom is -0.313 e. The second-order valence-corrected chi connectivity index (χ2v) is 4.87. The molecule has 0 spiro atoms. The molecule has 0 bridgehead atoms. The third kappa shape index (κ3) is 3.32. The van der Waals surface area contributed by atoms with Crippen molar-refractivity contribution in [3.63, 3.8) is 0 Å². The minimum atomic E-state index is -0.900. The first-order valence-corrected chi connectivity index (χ1v) is 6.45. The molecule has 0 aliphatic heterocycles. The van der Waals surface area contributed by atoms with Crippen LogP contribution in [-0.2, 0) is 6.42 Å². The third-order valence-corrected chi connectivity index (χ3v) is 3.45. The van der Waals surface area contributed by atoms with Gasteiger partial charge in [-0.1, -0.05) is 17.7 Å². The molecule has 0 radical (unpaired) electrons. The van der Waals surface area contributed by atoms with Gasteiger partial charge < -0.3 is 5.32 Å². The van der Waals surface area contributed by atoms with Gasteiger partial charge in [0.2, 0.25) is 0 Å². The van der Waals surface area contributed by atoms with Crippen molar-refractivity contribution in [2.24, 2.45) is 0 Å². The average molecular weight is 300 g/mol. The van der Waals surface area contributed by atoms with Crippen LogP contribution in [0.3, 0.4) is 0 Å². The highest BCUT2D eigenvalue weighted by Gasteiger charge is 2.15. The Balaban J connectivity index is 2.28. The molecule has 5 heteroatoms. The van der Waals surface area contributed by atoms with Crippen LogP contribution in [0.15, 0.2) is 36.4 Å². The molecule has 2 aromatic carbocycles. The Bertz CT molecular complexity index is 616. The first-order chi connectivity index (χ1) is 9.51. The summed E-state index contributed by atoms with van der Waals surface area (Å²) in [5.41, 5.74) is 1.18. The second kappa shape index (κ2) is 6.29. The SMILES string of the molecule is CNC(Cc1ccc(F)c(F)c1)c1cc(F)ccc1Cl. The molecule has 1 atom stereocenters. The van der Waals surface area contributed by atoms with E-state index in [1.165, 1.54) is 24.3 Å². The monoisotopic (exact) mass is 299 g/mol. The molecule has 0 aliphatic rings. The van der Waals surface area contributed by atoms with Crippen molar-refractivity contribution in [2.45, 2.75) is 12.5 Å². The van der Waals surface area contributed by atoms with Crippen LogP contribution in [-0.4, -0.2) is 7.05 Å². The quantitative estimate of drug-likeness (QED) is 0.889. The van der Waals surface area contributed by atoms with Crippen LogP contribution in [0.25, 0.3) is 0 Å². The summed E-state index contributed by atoms with van der Waals surface area (Å²) in [6.45, 7) is 0. The van der Waals surface area contributed by atoms with E-state index in [4.69, 9.17) is 11.6 Å². The largest absolute Gasteiger partial charge is 0.313 e. The van der Waals surface area contributed by atoms with Gasteiger partial charge in [-0.2, -0.15) is 0 Å². The summed E-state index contributed by atoms with van der Waals surface area (Å²) < 4.78 is 39.4. The van der Waals surface area contributed by atoms with Gasteiger partial charge in [0.1, 0.15) is 5.82 Å². The van der Waals surface area contributed by atoms with Crippen molar-refractivity contribution in [3.05, 3.63) is 70.0 Å². The van der Waals surface area contributed by atoms with E-state index in [1.807, 2.05) is 0 Å². The third-order valence-electron chi connectivity index (χ3n) is 3.11. The fourth-order valence-corrected chi connectivity index (χ4v) is 2.30. The van der Waals surface area contributed by atoms with E-state index in [2.05, 4.69) is 5.32 Å². The van der Waals surface area contributed by atoms with E-state index >= 15 is 0 Å². The number of hydrogen-bond acceptors (Lipinski definition) is 1. The highest BCUT2D eigenvalue weighted by molar-refractivity contribution is 6.31. The van der Waals surface area contributed by atoms with Crippen LogP contribution >= 0.6 is 11.6 Å². The first-order valence-electron chi connectivity index (χ1n) is 6.07. The lowest BCUT2D eigenvalue weighted by Gasteiger charge is -2.18. The van der Waals surface area contributed by atoms with Gasteiger partial charge in [-0.25, -0.2) is 13.2 Å². The molecule has 0 fully saturated rings. The van der Waals surface area contributed by atoms with Crippen LogP contribution in [0.2, 0.25) is 5.02 Å². The molecule has 2 aromatic rings. The molecular weight excluding hydrogens is 287 g/mol. The van der Waals surface area contributed by atoms with Crippen LogP contribution < -0.4 is 5.32 Å². The predicted octanol–water partition coefficient (Wildman–Crippen LogP) is 4.26. The molecule has 0 amide bonds. The van der Waals surface area contributed by atoms with Gasteiger partial charge in [-0.15, -0.1) is 0 Å². The second-order valence-electron chi connectivity index (χ2n) is 4.46. The van der Waals surface area contributed by atoms with Crippen LogP contribution in [0.4, 0.5) is 13.2 Å². The minimum absolute atomic E-state index is 0.289. The Morgan fingerprint density at radius 3 is 2.45 bits per heavy atom. The topological polar surface area (TPSA) is 12.0 Å². The number of likely N-dealkylation sites (N-methyl/N-ethyl adjacent to an activating group) is 1. The Labute approximate surface area is 120 Å². The Hall–Kier alpha value is -1.52. The van der Waals surface area contributed by atoms with E-state index in [1.54, 1.807) is 7.05 Å². The van der Waals surface area contributed by atoms with Gasteiger partial charge in [-0.3, -0.25) is 0 Å². The zero-order valence-electron chi connectivity index (χ0n) is 10.8. The molecule has 106 valence electrons. The normalized spacial score (nSPS) is 12.4. The molecule has 0 saturated carbocycles. The Kier molecular flexibility index (Phi) is 4.68. The molecule has 0 heterocycles. The lowest BCUT2D eigenvalue weighted by atomic mass is 9.98. The first kappa shape index (κ1) is 14.9. The zero-order valence-corrected chi connectivity index (χ0v) is 11.5. The highest BCUT2D eigenvalue weighted by Crippen LogP contribution is 2.26. The summed E-state index contributed by atoms with van der Waals surface area (Å²) in [7, 11) is 1.70. The summed E-state index contributed by atoms with van der Waals surface area (Å²) >= 11 is 6.05. The van der Waals surface area contributed by atoms with Crippen molar-refractivity contribution in [3.8, 4) is 0 Å². The van der Waals surface area contributed by atoms with Gasteiger partial charge in [0.25, 0.3) is 0 Å². The molecule has 0 aliphatic carbocycles. The molecule has 1 nitrogen and oxygen atoms in total. The van der Waals surface area contributed by atoms with Crippen molar-refractivity contribution in [1.29, 1.82) is 0 Å². The van der Waals surface area contributed by atoms with E-state index in [0.29, 0.717) is 22.6 Å². The number of halogens is 4. The molecule has 2 rings (SSSR count). The number of rotatable bonds is 4. The highest BCUT2D eigenvalue weighted by atomic mass is 35.5. The average Bonchev–Trinajstić information content (AvgIpc) is 2.43. The van der Waals surface area contributed by atoms with E-state index < -0.39 is 17.5 Å². The maximum absolute atomic E-state index is 13.3. The Morgan fingerprint density at radius 2 is 1.80 bits per heavy atom. The summed E-state index contributed by atoms with van der Waals surface area (Å²) in [4.78, 5) is 0. The van der Waals surface area contributed by atoms with Gasteiger partial charge >= 0.3 is 0 Å². The molecule has 0 aromatic heterocycles. The van der Waals surface area contributed by atoms with Crippen molar-refractivity contribution in [1.82, 2.24) is 5.32 Å². The van der Waals surface area contributed by atoms with Gasteiger partial charge in [0.05, 0.1) is 0 Å². The van der Waals surface area contributed by atoms with Crippen molar-refractivity contribution >= 4 is 11.6 Å². The van der Waals surface area contributed by atoms with Gasteiger partial charge in [0, 0.05) is 11.1 Å². The number of nitrogens with one attached hydrogen (secondary N) is 1. The summed E-state index contributed by atoms with van der Waals surface area (Å²) in [5, 5.41) is 3.43. The van der Waals surface area contributed by atoms with Crippen molar-refractivity contribution < 1.29 is 13.2 Å². The number of hydrogen-bond donors (Lipinski definition) is 1. The molecule has 1 N–H and O–H groups in total. The maximum atomic E-state index is 13.3. The molecular formula is C15H13ClF3N. The molecule has 20 heavy (non-hydrogen) atoms. The zero-order chi connectivity index (χ0) is 14.7. The van der Waals surface area contributed by atoms with Gasteiger partial charge in [-0.05, 0) is 54.9 Å². The van der Waals surface area contributed by atoms with Gasteiger partial charge in [0.15, 0.2) is 11.6 Å². The fraction of sp³-hybridized carbons (Fsp3) is 0.200. The number of benzene rings is 2. The Morgan fingerprint density at radius 1 is 1.05 bits per heavy atom. The standard InChI is InChI=1S/C15H13ClF3N/c1-20-15(11-8-10(17)3-4-12(11)16)7-9-2-5-13(18)14(19)6-9/h2-6,8,15,20H,7H2,1H3. The molecule has 0 saturated heterocycles. The predicted molar refractivity (Wildman–Crippen MR) is 73.3 cm³/mol. The van der Waals surface area contributed by atoms with E-state index in [-0.39, 0.29) is 6.04 Å².